The minimum Gasteiger partial charge on any atom is -0.309 e. The molecule has 7 heteroatoms. The number of rotatable bonds is 4. The Morgan fingerprint density at radius 1 is 1.33 bits per heavy atom. The summed E-state index contributed by atoms with van der Waals surface area (Å²) in [6.45, 7) is 5.29. The molecular weight excluding hydrogens is 306 g/mol. The monoisotopic (exact) mass is 323 g/mol. The van der Waals surface area contributed by atoms with Crippen molar-refractivity contribution in [2.75, 3.05) is 0 Å². The molecule has 112 valence electrons. The summed E-state index contributed by atoms with van der Waals surface area (Å²) in [6, 6.07) is 4.95. The molecule has 0 fully saturated rings. The quantitative estimate of drug-likeness (QED) is 0.904. The highest BCUT2D eigenvalue weighted by molar-refractivity contribution is 7.89. The van der Waals surface area contributed by atoms with Gasteiger partial charge in [0.1, 0.15) is 5.01 Å². The van der Waals surface area contributed by atoms with Crippen LogP contribution in [0.15, 0.2) is 29.3 Å². The molecule has 2 N–H and O–H groups in total. The van der Waals surface area contributed by atoms with Gasteiger partial charge in [0, 0.05) is 24.2 Å². The average molecular weight is 323 g/mol. The highest BCUT2D eigenvalue weighted by Crippen LogP contribution is 2.23. The van der Waals surface area contributed by atoms with Gasteiger partial charge in [0.05, 0.1) is 10.9 Å². The van der Waals surface area contributed by atoms with E-state index in [0.29, 0.717) is 4.90 Å². The minimum atomic E-state index is -3.53. The van der Waals surface area contributed by atoms with Gasteiger partial charge in [-0.15, -0.1) is 11.3 Å². The predicted molar refractivity (Wildman–Crippen MR) is 82.6 cm³/mol. The number of hydrogen-bond donors (Lipinski definition) is 2. The molecular formula is C14H17N3O2S2. The van der Waals surface area contributed by atoms with Crippen LogP contribution < -0.4 is 10.0 Å². The molecule has 21 heavy (non-hydrogen) atoms. The fourth-order valence-electron chi connectivity index (χ4n) is 2.36. The highest BCUT2D eigenvalue weighted by atomic mass is 32.2. The predicted octanol–water partition coefficient (Wildman–Crippen LogP) is 2.09. The van der Waals surface area contributed by atoms with E-state index in [9.17, 15) is 8.42 Å². The molecule has 0 radical (unpaired) electrons. The third-order valence-electron chi connectivity index (χ3n) is 3.46. The number of sulfonamides is 1. The summed E-state index contributed by atoms with van der Waals surface area (Å²) >= 11 is 1.50. The molecule has 2 aromatic rings. The lowest BCUT2D eigenvalue weighted by Gasteiger charge is -2.12. The standard InChI is InChI=1S/C14H17N3O2S2/c1-9-6-16-14(20-9)10(2)17-21(18,19)13-4-3-11-7-15-8-12(11)5-13/h3-6,10,15,17H,7-8H2,1-2H3. The van der Waals surface area contributed by atoms with Crippen LogP contribution in [0.5, 0.6) is 0 Å². The van der Waals surface area contributed by atoms with Crippen molar-refractivity contribution in [3.8, 4) is 0 Å². The van der Waals surface area contributed by atoms with Crippen molar-refractivity contribution in [2.45, 2.75) is 37.9 Å². The number of benzene rings is 1. The second-order valence-electron chi connectivity index (χ2n) is 5.19. The van der Waals surface area contributed by atoms with Gasteiger partial charge in [0.2, 0.25) is 10.0 Å². The van der Waals surface area contributed by atoms with Crippen molar-refractivity contribution in [1.29, 1.82) is 0 Å². The van der Waals surface area contributed by atoms with E-state index in [1.807, 2.05) is 19.9 Å². The van der Waals surface area contributed by atoms with Crippen molar-refractivity contribution in [1.82, 2.24) is 15.0 Å². The number of fused-ring (bicyclic) bond motifs is 1. The van der Waals surface area contributed by atoms with E-state index >= 15 is 0 Å². The Morgan fingerprint density at radius 2 is 2.10 bits per heavy atom. The third kappa shape index (κ3) is 3.01. The number of thiazole rings is 1. The molecule has 1 unspecified atom stereocenters. The zero-order valence-corrected chi connectivity index (χ0v) is 13.5. The molecule has 1 atom stereocenters. The highest BCUT2D eigenvalue weighted by Gasteiger charge is 2.22. The average Bonchev–Trinajstić information content (AvgIpc) is 3.05. The SMILES string of the molecule is Cc1cnc(C(C)NS(=O)(=O)c2ccc3c(c2)CNC3)s1. The number of nitrogens with one attached hydrogen (secondary N) is 2. The molecule has 0 saturated carbocycles. The first-order chi connectivity index (χ1) is 9.95. The van der Waals surface area contributed by atoms with Crippen LogP contribution >= 0.6 is 11.3 Å². The summed E-state index contributed by atoms with van der Waals surface area (Å²) < 4.78 is 27.6. The lowest BCUT2D eigenvalue weighted by atomic mass is 10.1. The largest absolute Gasteiger partial charge is 0.309 e. The van der Waals surface area contributed by atoms with Crippen molar-refractivity contribution in [3.63, 3.8) is 0 Å². The fraction of sp³-hybridized carbons (Fsp3) is 0.357. The van der Waals surface area contributed by atoms with Crippen molar-refractivity contribution in [2.24, 2.45) is 0 Å². The van der Waals surface area contributed by atoms with Gasteiger partial charge < -0.3 is 5.32 Å². The van der Waals surface area contributed by atoms with Crippen LogP contribution in [0.3, 0.4) is 0 Å². The van der Waals surface area contributed by atoms with Gasteiger partial charge in [-0.1, -0.05) is 6.07 Å². The van der Waals surface area contributed by atoms with Gasteiger partial charge in [-0.05, 0) is 37.1 Å². The number of aromatic nitrogens is 1. The van der Waals surface area contributed by atoms with E-state index in [0.717, 1.165) is 34.1 Å². The molecule has 1 aromatic heterocycles. The maximum absolute atomic E-state index is 12.5. The van der Waals surface area contributed by atoms with Gasteiger partial charge in [-0.25, -0.2) is 18.1 Å². The minimum absolute atomic E-state index is 0.310. The fourth-order valence-corrected chi connectivity index (χ4v) is 4.47. The van der Waals surface area contributed by atoms with Crippen LogP contribution in [-0.4, -0.2) is 13.4 Å². The second kappa shape index (κ2) is 5.49. The topological polar surface area (TPSA) is 71.1 Å². The Balaban J connectivity index is 1.83. The van der Waals surface area contributed by atoms with E-state index in [-0.39, 0.29) is 6.04 Å². The number of aryl methyl sites for hydroxylation is 1. The van der Waals surface area contributed by atoms with E-state index in [2.05, 4.69) is 15.0 Å². The second-order valence-corrected chi connectivity index (χ2v) is 8.17. The summed E-state index contributed by atoms with van der Waals surface area (Å²) in [5.74, 6) is 0. The molecule has 2 heterocycles. The van der Waals surface area contributed by atoms with Gasteiger partial charge in [0.25, 0.3) is 0 Å². The maximum Gasteiger partial charge on any atom is 0.241 e. The summed E-state index contributed by atoms with van der Waals surface area (Å²) in [5.41, 5.74) is 2.22. The normalized spacial score (nSPS) is 15.9. The van der Waals surface area contributed by atoms with Crippen molar-refractivity contribution < 1.29 is 8.42 Å². The van der Waals surface area contributed by atoms with Crippen LogP contribution in [-0.2, 0) is 23.1 Å². The van der Waals surface area contributed by atoms with Crippen molar-refractivity contribution >= 4 is 21.4 Å². The molecule has 0 saturated heterocycles. The maximum atomic E-state index is 12.5. The molecule has 0 amide bonds. The van der Waals surface area contributed by atoms with Crippen LogP contribution in [0.1, 0.15) is 34.0 Å². The molecule has 0 spiro atoms. The van der Waals surface area contributed by atoms with Gasteiger partial charge in [-0.2, -0.15) is 0 Å². The Morgan fingerprint density at radius 3 is 2.81 bits per heavy atom. The Kier molecular flexibility index (Phi) is 3.83. The zero-order valence-electron chi connectivity index (χ0n) is 11.9. The van der Waals surface area contributed by atoms with Crippen LogP contribution in [0.2, 0.25) is 0 Å². The molecule has 5 nitrogen and oxygen atoms in total. The van der Waals surface area contributed by atoms with Gasteiger partial charge in [-0.3, -0.25) is 0 Å². The number of hydrogen-bond acceptors (Lipinski definition) is 5. The van der Waals surface area contributed by atoms with E-state index in [1.54, 1.807) is 18.3 Å². The molecule has 0 aliphatic carbocycles. The third-order valence-corrected chi connectivity index (χ3v) is 6.09. The summed E-state index contributed by atoms with van der Waals surface area (Å²) in [5, 5.41) is 3.99. The van der Waals surface area contributed by atoms with Crippen molar-refractivity contribution in [3.05, 3.63) is 45.4 Å². The summed E-state index contributed by atoms with van der Waals surface area (Å²) in [7, 11) is -3.53. The molecule has 0 bridgehead atoms. The molecule has 3 rings (SSSR count). The first-order valence-corrected chi connectivity index (χ1v) is 9.03. The molecule has 1 aliphatic heterocycles. The zero-order chi connectivity index (χ0) is 15.0. The summed E-state index contributed by atoms with van der Waals surface area (Å²) in [4.78, 5) is 5.61. The lowest BCUT2D eigenvalue weighted by Crippen LogP contribution is -2.26. The van der Waals surface area contributed by atoms with E-state index in [4.69, 9.17) is 0 Å². The van der Waals surface area contributed by atoms with E-state index < -0.39 is 10.0 Å². The van der Waals surface area contributed by atoms with Crippen LogP contribution in [0.25, 0.3) is 0 Å². The Labute approximate surface area is 128 Å². The summed E-state index contributed by atoms with van der Waals surface area (Å²) in [6.07, 6.45) is 1.76. The van der Waals surface area contributed by atoms with E-state index in [1.165, 1.54) is 11.3 Å². The Bertz CT molecular complexity index is 768. The smallest absolute Gasteiger partial charge is 0.241 e. The first kappa shape index (κ1) is 14.6. The van der Waals surface area contributed by atoms with Crippen LogP contribution in [0.4, 0.5) is 0 Å². The molecule has 1 aliphatic rings. The van der Waals surface area contributed by atoms with Crippen LogP contribution in [0, 0.1) is 6.92 Å². The Hall–Kier alpha value is -1.28. The van der Waals surface area contributed by atoms with Gasteiger partial charge >= 0.3 is 0 Å². The lowest BCUT2D eigenvalue weighted by molar-refractivity contribution is 0.566. The number of nitrogens with zero attached hydrogens (tertiary/aromatic N) is 1. The molecule has 1 aromatic carbocycles. The first-order valence-electron chi connectivity index (χ1n) is 6.73. The van der Waals surface area contributed by atoms with Gasteiger partial charge in [0.15, 0.2) is 0 Å².